The molecule has 0 spiro atoms. The van der Waals surface area contributed by atoms with Gasteiger partial charge in [0.25, 0.3) is 0 Å². The third kappa shape index (κ3) is 0.845. The van der Waals surface area contributed by atoms with Gasteiger partial charge in [0.05, 0.1) is 5.69 Å². The normalized spacial score (nSPS) is 14.3. The minimum absolute atomic E-state index is 0.782. The van der Waals surface area contributed by atoms with Gasteiger partial charge in [-0.15, -0.1) is 0 Å². The van der Waals surface area contributed by atoms with Crippen molar-refractivity contribution in [1.82, 2.24) is 9.78 Å². The highest BCUT2D eigenvalue weighted by Crippen LogP contribution is 2.23. The van der Waals surface area contributed by atoms with Crippen molar-refractivity contribution in [3.8, 4) is 6.07 Å². The molecule has 0 aliphatic heterocycles. The van der Waals surface area contributed by atoms with E-state index in [1.807, 2.05) is 11.6 Å². The standard InChI is InChI=1S/C9H11N3/c1-2-12-9(6-10)7-4-3-5-8(7)11-12/h2-5H2,1H3. The van der Waals surface area contributed by atoms with Crippen LogP contribution in [-0.2, 0) is 19.4 Å². The Balaban J connectivity index is 2.56. The molecule has 0 fully saturated rings. The summed E-state index contributed by atoms with van der Waals surface area (Å²) in [6.07, 6.45) is 3.26. The van der Waals surface area contributed by atoms with Gasteiger partial charge in [0.2, 0.25) is 0 Å². The van der Waals surface area contributed by atoms with E-state index < -0.39 is 0 Å². The second kappa shape index (κ2) is 2.63. The number of aryl methyl sites for hydroxylation is 2. The average Bonchev–Trinajstić information content (AvgIpc) is 2.61. The molecule has 12 heavy (non-hydrogen) atoms. The third-order valence-corrected chi connectivity index (χ3v) is 2.38. The van der Waals surface area contributed by atoms with Gasteiger partial charge in [-0.3, -0.25) is 4.68 Å². The quantitative estimate of drug-likeness (QED) is 0.622. The van der Waals surface area contributed by atoms with Crippen LogP contribution in [-0.4, -0.2) is 9.78 Å². The van der Waals surface area contributed by atoms with Gasteiger partial charge < -0.3 is 0 Å². The molecule has 0 saturated carbocycles. The van der Waals surface area contributed by atoms with E-state index in [0.29, 0.717) is 0 Å². The number of rotatable bonds is 1. The fourth-order valence-corrected chi connectivity index (χ4v) is 1.80. The molecule has 1 aliphatic carbocycles. The van der Waals surface area contributed by atoms with Crippen LogP contribution < -0.4 is 0 Å². The Morgan fingerprint density at radius 1 is 1.58 bits per heavy atom. The predicted octanol–water partition coefficient (Wildman–Crippen LogP) is 1.26. The molecule has 1 aromatic rings. The van der Waals surface area contributed by atoms with Crippen LogP contribution in [0, 0.1) is 11.3 Å². The van der Waals surface area contributed by atoms with Crippen molar-refractivity contribution in [3.05, 3.63) is 17.0 Å². The van der Waals surface area contributed by atoms with E-state index in [2.05, 4.69) is 11.2 Å². The summed E-state index contributed by atoms with van der Waals surface area (Å²) in [5.41, 5.74) is 3.12. The van der Waals surface area contributed by atoms with Gasteiger partial charge in [-0.1, -0.05) is 0 Å². The molecule has 3 heteroatoms. The second-order valence-electron chi connectivity index (χ2n) is 3.05. The lowest BCUT2D eigenvalue weighted by Gasteiger charge is -1.97. The van der Waals surface area contributed by atoms with Gasteiger partial charge in [0, 0.05) is 12.1 Å². The first-order valence-corrected chi connectivity index (χ1v) is 4.35. The Morgan fingerprint density at radius 2 is 2.42 bits per heavy atom. The highest BCUT2D eigenvalue weighted by atomic mass is 15.3. The van der Waals surface area contributed by atoms with Crippen molar-refractivity contribution >= 4 is 0 Å². The molecule has 0 bridgehead atoms. The van der Waals surface area contributed by atoms with Crippen LogP contribution in [0.5, 0.6) is 0 Å². The maximum Gasteiger partial charge on any atom is 0.141 e. The average molecular weight is 161 g/mol. The van der Waals surface area contributed by atoms with Gasteiger partial charge >= 0.3 is 0 Å². The largest absolute Gasteiger partial charge is 0.255 e. The van der Waals surface area contributed by atoms with Crippen molar-refractivity contribution in [1.29, 1.82) is 5.26 Å². The molecule has 62 valence electrons. The molecular weight excluding hydrogens is 150 g/mol. The molecule has 0 N–H and O–H groups in total. The fourth-order valence-electron chi connectivity index (χ4n) is 1.80. The molecule has 0 aromatic carbocycles. The molecule has 1 aliphatic rings. The Hall–Kier alpha value is -1.30. The van der Waals surface area contributed by atoms with Gasteiger partial charge in [0.1, 0.15) is 11.8 Å². The Bertz CT molecular complexity index is 343. The van der Waals surface area contributed by atoms with Crippen molar-refractivity contribution < 1.29 is 0 Å². The van der Waals surface area contributed by atoms with E-state index in [1.165, 1.54) is 5.56 Å². The predicted molar refractivity (Wildman–Crippen MR) is 44.6 cm³/mol. The number of hydrogen-bond donors (Lipinski definition) is 0. The molecule has 0 saturated heterocycles. The zero-order valence-electron chi connectivity index (χ0n) is 7.17. The molecular formula is C9H11N3. The van der Waals surface area contributed by atoms with E-state index in [1.54, 1.807) is 0 Å². The molecule has 0 radical (unpaired) electrons. The molecule has 3 nitrogen and oxygen atoms in total. The number of nitriles is 1. The second-order valence-corrected chi connectivity index (χ2v) is 3.05. The van der Waals surface area contributed by atoms with E-state index in [-0.39, 0.29) is 0 Å². The highest BCUT2D eigenvalue weighted by molar-refractivity contribution is 5.38. The van der Waals surface area contributed by atoms with Crippen LogP contribution in [0.3, 0.4) is 0 Å². The monoisotopic (exact) mass is 161 g/mol. The SMILES string of the molecule is CCn1nc2c(c1C#N)CCC2. The highest BCUT2D eigenvalue weighted by Gasteiger charge is 2.20. The topological polar surface area (TPSA) is 41.6 Å². The maximum absolute atomic E-state index is 8.89. The van der Waals surface area contributed by atoms with Gasteiger partial charge in [-0.25, -0.2) is 0 Å². The Kier molecular flexibility index (Phi) is 1.61. The van der Waals surface area contributed by atoms with Gasteiger partial charge in [-0.05, 0) is 26.2 Å². The van der Waals surface area contributed by atoms with Crippen LogP contribution in [0.25, 0.3) is 0 Å². The van der Waals surface area contributed by atoms with E-state index in [9.17, 15) is 0 Å². The fraction of sp³-hybridized carbons (Fsp3) is 0.556. The number of hydrogen-bond acceptors (Lipinski definition) is 2. The molecule has 0 unspecified atom stereocenters. The van der Waals surface area contributed by atoms with Crippen molar-refractivity contribution in [3.63, 3.8) is 0 Å². The summed E-state index contributed by atoms with van der Waals surface area (Å²) in [6.45, 7) is 2.82. The van der Waals surface area contributed by atoms with Crippen LogP contribution in [0.15, 0.2) is 0 Å². The van der Waals surface area contributed by atoms with E-state index in [4.69, 9.17) is 5.26 Å². The first-order chi connectivity index (χ1) is 5.86. The Labute approximate surface area is 71.6 Å². The maximum atomic E-state index is 8.89. The van der Waals surface area contributed by atoms with E-state index in [0.717, 1.165) is 37.2 Å². The molecule has 2 rings (SSSR count). The molecule has 0 atom stereocenters. The van der Waals surface area contributed by atoms with Crippen molar-refractivity contribution in [2.45, 2.75) is 32.7 Å². The third-order valence-electron chi connectivity index (χ3n) is 2.38. The number of fused-ring (bicyclic) bond motifs is 1. The first-order valence-electron chi connectivity index (χ1n) is 4.35. The summed E-state index contributed by atoms with van der Waals surface area (Å²) in [6, 6.07) is 2.23. The minimum Gasteiger partial charge on any atom is -0.255 e. The first kappa shape index (κ1) is 7.35. The van der Waals surface area contributed by atoms with Crippen LogP contribution in [0.2, 0.25) is 0 Å². The smallest absolute Gasteiger partial charge is 0.141 e. The summed E-state index contributed by atoms with van der Waals surface area (Å²) >= 11 is 0. The lowest BCUT2D eigenvalue weighted by molar-refractivity contribution is 0.632. The minimum atomic E-state index is 0.782. The Morgan fingerprint density at radius 3 is 3.08 bits per heavy atom. The summed E-state index contributed by atoms with van der Waals surface area (Å²) in [5, 5.41) is 13.3. The van der Waals surface area contributed by atoms with Crippen molar-refractivity contribution in [2.24, 2.45) is 0 Å². The number of aromatic nitrogens is 2. The number of nitrogens with zero attached hydrogens (tertiary/aromatic N) is 3. The van der Waals surface area contributed by atoms with Crippen LogP contribution >= 0.6 is 0 Å². The van der Waals surface area contributed by atoms with Crippen molar-refractivity contribution in [2.75, 3.05) is 0 Å². The lowest BCUT2D eigenvalue weighted by Crippen LogP contribution is -2.01. The molecule has 0 amide bonds. The van der Waals surface area contributed by atoms with Crippen LogP contribution in [0.1, 0.15) is 30.3 Å². The summed E-state index contributed by atoms with van der Waals surface area (Å²) in [7, 11) is 0. The molecule has 1 aromatic heterocycles. The summed E-state index contributed by atoms with van der Waals surface area (Å²) < 4.78 is 1.81. The van der Waals surface area contributed by atoms with Gasteiger partial charge in [-0.2, -0.15) is 10.4 Å². The zero-order chi connectivity index (χ0) is 8.55. The summed E-state index contributed by atoms with van der Waals surface area (Å²) in [5.74, 6) is 0. The lowest BCUT2D eigenvalue weighted by atomic mass is 10.2. The summed E-state index contributed by atoms with van der Waals surface area (Å²) in [4.78, 5) is 0. The van der Waals surface area contributed by atoms with Gasteiger partial charge in [0.15, 0.2) is 0 Å². The zero-order valence-corrected chi connectivity index (χ0v) is 7.17. The molecule has 1 heterocycles. The van der Waals surface area contributed by atoms with E-state index >= 15 is 0 Å². The van der Waals surface area contributed by atoms with Crippen LogP contribution in [0.4, 0.5) is 0 Å².